The van der Waals surface area contributed by atoms with Gasteiger partial charge in [0.25, 0.3) is 0 Å². The predicted octanol–water partition coefficient (Wildman–Crippen LogP) is 4.58. The Morgan fingerprint density at radius 2 is 1.96 bits per heavy atom. The summed E-state index contributed by atoms with van der Waals surface area (Å²) in [5.74, 6) is -0.0622. The molecular weight excluding hydrogens is 342 g/mol. The van der Waals surface area contributed by atoms with Crippen molar-refractivity contribution in [3.8, 4) is 0 Å². The summed E-state index contributed by atoms with van der Waals surface area (Å²) in [5.41, 5.74) is 1.74. The maximum atomic E-state index is 12.2. The number of benzene rings is 2. The van der Waals surface area contributed by atoms with E-state index < -0.39 is 0 Å². The van der Waals surface area contributed by atoms with E-state index in [1.165, 1.54) is 4.70 Å². The number of amides is 1. The molecule has 0 unspecified atom stereocenters. The van der Waals surface area contributed by atoms with Gasteiger partial charge in [-0.2, -0.15) is 0 Å². The molecule has 1 heterocycles. The second kappa shape index (κ2) is 7.30. The lowest BCUT2D eigenvalue weighted by Gasteiger charge is -2.22. The van der Waals surface area contributed by atoms with Crippen LogP contribution in [0.2, 0.25) is 5.02 Å². The molecule has 0 aliphatic rings. The lowest BCUT2D eigenvalue weighted by Crippen LogP contribution is -2.32. The highest BCUT2D eigenvalue weighted by atomic mass is 35.5. The van der Waals surface area contributed by atoms with Crippen molar-refractivity contribution in [1.29, 1.82) is 0 Å². The smallest absolute Gasteiger partial charge is 0.238 e. The van der Waals surface area contributed by atoms with Crippen LogP contribution in [-0.2, 0) is 4.79 Å². The van der Waals surface area contributed by atoms with Crippen molar-refractivity contribution in [3.63, 3.8) is 0 Å². The summed E-state index contributed by atoms with van der Waals surface area (Å²) < 4.78 is 1.17. The zero-order chi connectivity index (χ0) is 17.1. The first kappa shape index (κ1) is 16.9. The second-order valence-corrected chi connectivity index (χ2v) is 7.16. The molecule has 24 heavy (non-hydrogen) atoms. The number of thiazole rings is 1. The van der Waals surface area contributed by atoms with Gasteiger partial charge in [0.15, 0.2) is 0 Å². The average Bonchev–Trinajstić information content (AvgIpc) is 3.00. The van der Waals surface area contributed by atoms with Crippen molar-refractivity contribution < 1.29 is 4.79 Å². The van der Waals surface area contributed by atoms with Gasteiger partial charge >= 0.3 is 0 Å². The van der Waals surface area contributed by atoms with Crippen molar-refractivity contribution in [2.45, 2.75) is 13.0 Å². The van der Waals surface area contributed by atoms with Crippen LogP contribution in [0.1, 0.15) is 18.0 Å². The molecule has 0 saturated heterocycles. The van der Waals surface area contributed by atoms with E-state index in [2.05, 4.69) is 23.3 Å². The van der Waals surface area contributed by atoms with Crippen molar-refractivity contribution in [3.05, 3.63) is 58.6 Å². The number of nitrogens with one attached hydrogen (secondary N) is 1. The Bertz CT molecular complexity index is 814. The number of likely N-dealkylation sites (N-methyl/N-ethyl adjacent to an activating group) is 1. The zero-order valence-corrected chi connectivity index (χ0v) is 15.1. The van der Waals surface area contributed by atoms with Gasteiger partial charge < -0.3 is 5.32 Å². The van der Waals surface area contributed by atoms with Crippen LogP contribution >= 0.6 is 22.9 Å². The molecule has 6 heteroatoms. The number of para-hydroxylation sites is 1. The molecule has 1 atom stereocenters. The first-order valence-corrected chi connectivity index (χ1v) is 8.83. The largest absolute Gasteiger partial charge is 0.325 e. The number of nitrogens with zero attached hydrogens (tertiary/aromatic N) is 2. The molecule has 3 rings (SSSR count). The summed E-state index contributed by atoms with van der Waals surface area (Å²) in [6, 6.07) is 15.2. The minimum atomic E-state index is -0.0622. The second-order valence-electron chi connectivity index (χ2n) is 5.67. The third-order valence-corrected chi connectivity index (χ3v) is 5.31. The summed E-state index contributed by atoms with van der Waals surface area (Å²) in [4.78, 5) is 18.9. The third kappa shape index (κ3) is 3.93. The van der Waals surface area contributed by atoms with Crippen LogP contribution in [0, 0.1) is 0 Å². The van der Waals surface area contributed by atoms with E-state index in [4.69, 9.17) is 11.6 Å². The molecule has 0 saturated carbocycles. The molecule has 0 fully saturated rings. The number of rotatable bonds is 5. The molecule has 1 N–H and O–H groups in total. The average molecular weight is 360 g/mol. The number of fused-ring (bicyclic) bond motifs is 1. The molecule has 2 aromatic carbocycles. The lowest BCUT2D eigenvalue weighted by atomic mass is 10.3. The van der Waals surface area contributed by atoms with Crippen LogP contribution in [0.5, 0.6) is 0 Å². The maximum absolute atomic E-state index is 12.2. The van der Waals surface area contributed by atoms with Crippen molar-refractivity contribution in [2.24, 2.45) is 0 Å². The molecule has 1 amide bonds. The number of carbonyl (C=O) groups is 1. The van der Waals surface area contributed by atoms with E-state index in [1.54, 1.807) is 35.6 Å². The Hall–Kier alpha value is -1.95. The molecule has 0 aliphatic heterocycles. The monoisotopic (exact) mass is 359 g/mol. The number of anilines is 1. The van der Waals surface area contributed by atoms with Gasteiger partial charge in [-0.1, -0.05) is 23.7 Å². The fourth-order valence-corrected chi connectivity index (χ4v) is 3.57. The minimum absolute atomic E-state index is 0.0622. The van der Waals surface area contributed by atoms with Gasteiger partial charge in [-0.3, -0.25) is 9.69 Å². The standard InChI is InChI=1S/C18H18ClN3OS/c1-12(18-21-15-5-3-4-6-16(15)24-18)22(2)11-17(23)20-14-9-7-13(19)8-10-14/h3-10,12H,11H2,1-2H3,(H,20,23)/t12-/m0/s1. The number of hydrogen-bond acceptors (Lipinski definition) is 4. The summed E-state index contributed by atoms with van der Waals surface area (Å²) in [6.07, 6.45) is 0. The quantitative estimate of drug-likeness (QED) is 0.725. The van der Waals surface area contributed by atoms with Crippen molar-refractivity contribution >= 4 is 44.7 Å². The molecule has 4 nitrogen and oxygen atoms in total. The van der Waals surface area contributed by atoms with Crippen LogP contribution in [0.25, 0.3) is 10.2 Å². The highest BCUT2D eigenvalue weighted by Crippen LogP contribution is 2.28. The molecule has 124 valence electrons. The first-order chi connectivity index (χ1) is 11.5. The van der Waals surface area contributed by atoms with E-state index >= 15 is 0 Å². The van der Waals surface area contributed by atoms with Crippen molar-refractivity contribution in [2.75, 3.05) is 18.9 Å². The fraction of sp³-hybridized carbons (Fsp3) is 0.222. The van der Waals surface area contributed by atoms with Crippen LogP contribution < -0.4 is 5.32 Å². The van der Waals surface area contributed by atoms with E-state index in [-0.39, 0.29) is 11.9 Å². The summed E-state index contributed by atoms with van der Waals surface area (Å²) in [5, 5.41) is 4.54. The molecular formula is C18H18ClN3OS. The maximum Gasteiger partial charge on any atom is 0.238 e. The van der Waals surface area contributed by atoms with Gasteiger partial charge in [-0.25, -0.2) is 4.98 Å². The third-order valence-electron chi connectivity index (χ3n) is 3.85. The van der Waals surface area contributed by atoms with E-state index in [1.807, 2.05) is 30.1 Å². The number of hydrogen-bond donors (Lipinski definition) is 1. The topological polar surface area (TPSA) is 45.2 Å². The van der Waals surface area contributed by atoms with Gasteiger partial charge in [0.2, 0.25) is 5.91 Å². The minimum Gasteiger partial charge on any atom is -0.325 e. The zero-order valence-electron chi connectivity index (χ0n) is 13.5. The molecule has 3 aromatic rings. The highest BCUT2D eigenvalue weighted by molar-refractivity contribution is 7.18. The molecule has 1 aromatic heterocycles. The molecule has 0 bridgehead atoms. The number of aromatic nitrogens is 1. The molecule has 0 radical (unpaired) electrons. The van der Waals surface area contributed by atoms with Gasteiger partial charge in [0.1, 0.15) is 5.01 Å². The van der Waals surface area contributed by atoms with Crippen molar-refractivity contribution in [1.82, 2.24) is 9.88 Å². The van der Waals surface area contributed by atoms with Crippen LogP contribution in [0.4, 0.5) is 5.69 Å². The van der Waals surface area contributed by atoms with Gasteiger partial charge in [0.05, 0.1) is 22.8 Å². The van der Waals surface area contributed by atoms with Crippen LogP contribution in [0.3, 0.4) is 0 Å². The molecule has 0 spiro atoms. The van der Waals surface area contributed by atoms with Gasteiger partial charge in [-0.05, 0) is 50.4 Å². The summed E-state index contributed by atoms with van der Waals surface area (Å²) in [7, 11) is 1.93. The highest BCUT2D eigenvalue weighted by Gasteiger charge is 2.18. The van der Waals surface area contributed by atoms with Crippen LogP contribution in [-0.4, -0.2) is 29.4 Å². The van der Waals surface area contributed by atoms with Gasteiger partial charge in [-0.15, -0.1) is 11.3 Å². The van der Waals surface area contributed by atoms with E-state index in [9.17, 15) is 4.79 Å². The number of carbonyl (C=O) groups excluding carboxylic acids is 1. The normalized spacial score (nSPS) is 12.5. The molecule has 0 aliphatic carbocycles. The van der Waals surface area contributed by atoms with E-state index in [0.717, 1.165) is 16.2 Å². The Balaban J connectivity index is 1.63. The Morgan fingerprint density at radius 1 is 1.25 bits per heavy atom. The number of halogens is 1. The predicted molar refractivity (Wildman–Crippen MR) is 101 cm³/mol. The summed E-state index contributed by atoms with van der Waals surface area (Å²) in [6.45, 7) is 2.35. The Kier molecular flexibility index (Phi) is 5.14. The lowest BCUT2D eigenvalue weighted by molar-refractivity contribution is -0.117. The Morgan fingerprint density at radius 3 is 2.67 bits per heavy atom. The first-order valence-electron chi connectivity index (χ1n) is 7.64. The van der Waals surface area contributed by atoms with E-state index in [0.29, 0.717) is 11.6 Å². The van der Waals surface area contributed by atoms with Crippen LogP contribution in [0.15, 0.2) is 48.5 Å². The SMILES string of the molecule is C[C@@H](c1nc2ccccc2s1)N(C)CC(=O)Nc1ccc(Cl)cc1. The summed E-state index contributed by atoms with van der Waals surface area (Å²) >= 11 is 7.52. The fourth-order valence-electron chi connectivity index (χ4n) is 2.35. The van der Waals surface area contributed by atoms with Gasteiger partial charge in [0, 0.05) is 10.7 Å². The Labute approximate surface area is 150 Å².